The molecule has 2 aliphatic rings. The Kier molecular flexibility index (Phi) is 7.53. The molecule has 1 aliphatic carbocycles. The first kappa shape index (κ1) is 24.7. The van der Waals surface area contributed by atoms with Crippen LogP contribution in [0.25, 0.3) is 0 Å². The maximum Gasteiger partial charge on any atom is 0.208 e. The third-order valence-corrected chi connectivity index (χ3v) is 8.39. The van der Waals surface area contributed by atoms with Crippen LogP contribution in [0.4, 0.5) is 11.5 Å². The van der Waals surface area contributed by atoms with E-state index in [9.17, 15) is 10.1 Å². The molecule has 0 saturated heterocycles. The lowest BCUT2D eigenvalue weighted by molar-refractivity contribution is 0.104. The quantitative estimate of drug-likeness (QED) is 0.236. The highest BCUT2D eigenvalue weighted by Gasteiger charge is 2.28. The normalized spacial score (nSPS) is 18.8. The lowest BCUT2D eigenvalue weighted by Crippen LogP contribution is -2.20. The van der Waals surface area contributed by atoms with Crippen LogP contribution in [0.1, 0.15) is 56.1 Å². The van der Waals surface area contributed by atoms with Gasteiger partial charge < -0.3 is 14.4 Å². The van der Waals surface area contributed by atoms with Gasteiger partial charge in [0.2, 0.25) is 5.78 Å². The topological polar surface area (TPSA) is 117 Å². The van der Waals surface area contributed by atoms with Crippen LogP contribution in [0.3, 0.4) is 0 Å². The summed E-state index contributed by atoms with van der Waals surface area (Å²) in [5, 5.41) is 18.1. The van der Waals surface area contributed by atoms with Crippen LogP contribution in [0.15, 0.2) is 36.8 Å². The molecule has 5 rings (SSSR count). The zero-order valence-electron chi connectivity index (χ0n) is 20.1. The van der Waals surface area contributed by atoms with Crippen molar-refractivity contribution in [2.75, 3.05) is 23.4 Å². The number of anilines is 2. The molecule has 3 heterocycles. The van der Waals surface area contributed by atoms with Gasteiger partial charge in [-0.05, 0) is 67.9 Å². The van der Waals surface area contributed by atoms with E-state index in [0.29, 0.717) is 40.9 Å². The second kappa shape index (κ2) is 11.0. The number of nitrogens with two attached hydrogens (primary N) is 1. The first-order chi connectivity index (χ1) is 17.6. The number of fused-ring (bicyclic) bond motifs is 1. The number of thiophene rings is 1. The van der Waals surface area contributed by atoms with Crippen molar-refractivity contribution in [1.82, 2.24) is 9.97 Å². The molecule has 1 aromatic carbocycles. The molecule has 1 aliphatic heterocycles. The number of hydrogen-bond donors (Lipinski definition) is 2. The Morgan fingerprint density at radius 1 is 1.39 bits per heavy atom. The van der Waals surface area contributed by atoms with E-state index in [4.69, 9.17) is 9.32 Å². The molecule has 186 valence electrons. The number of benzene rings is 1. The number of rotatable bonds is 9. The van der Waals surface area contributed by atoms with Gasteiger partial charge in [0.15, 0.2) is 0 Å². The zero-order chi connectivity index (χ0) is 25.1. The fraction of sp³-hybridized carbons (Fsp3) is 0.385. The van der Waals surface area contributed by atoms with E-state index in [1.54, 1.807) is 6.20 Å². The van der Waals surface area contributed by atoms with Gasteiger partial charge in [-0.25, -0.2) is 9.97 Å². The largest absolute Gasteiger partial charge is 0.367 e. The highest BCUT2D eigenvalue weighted by atomic mass is 32.2. The molecule has 1 fully saturated rings. The van der Waals surface area contributed by atoms with Crippen LogP contribution in [-0.4, -0.2) is 34.9 Å². The maximum absolute atomic E-state index is 13.5. The average Bonchev–Trinajstić information content (AvgIpc) is 3.62. The highest BCUT2D eigenvalue weighted by Crippen LogP contribution is 2.34. The summed E-state index contributed by atoms with van der Waals surface area (Å²) in [6.07, 6.45) is 7.04. The molecule has 10 heteroatoms. The number of carbonyl (C=O) groups excluding carboxylic acids is 1. The maximum atomic E-state index is 13.5. The van der Waals surface area contributed by atoms with E-state index in [0.717, 1.165) is 60.6 Å². The minimum absolute atomic E-state index is 0.0662. The van der Waals surface area contributed by atoms with Gasteiger partial charge in [-0.3, -0.25) is 9.93 Å². The average molecular weight is 521 g/mol. The van der Waals surface area contributed by atoms with Crippen molar-refractivity contribution >= 4 is 40.9 Å². The van der Waals surface area contributed by atoms with Crippen LogP contribution >= 0.6 is 23.6 Å². The summed E-state index contributed by atoms with van der Waals surface area (Å²) in [7, 11) is 0. The summed E-state index contributed by atoms with van der Waals surface area (Å²) in [6.45, 7) is 4.30. The number of aromatic nitrogens is 2. The van der Waals surface area contributed by atoms with Gasteiger partial charge in [0, 0.05) is 35.9 Å². The van der Waals surface area contributed by atoms with Gasteiger partial charge in [-0.15, -0.1) is 11.3 Å². The van der Waals surface area contributed by atoms with Gasteiger partial charge >= 0.3 is 0 Å². The molecule has 3 aromatic rings. The predicted molar refractivity (Wildman–Crippen MR) is 143 cm³/mol. The number of nitriles is 1. The number of hydrogen-bond acceptors (Lipinski definition) is 10. The molecular formula is C26H28N6O2S2. The van der Waals surface area contributed by atoms with Crippen molar-refractivity contribution in [2.45, 2.75) is 45.2 Å². The Hall–Kier alpha value is -2.97. The molecule has 36 heavy (non-hydrogen) atoms. The van der Waals surface area contributed by atoms with Crippen LogP contribution in [0.5, 0.6) is 0 Å². The molecule has 2 atom stereocenters. The van der Waals surface area contributed by atoms with E-state index in [2.05, 4.69) is 33.2 Å². The molecule has 1 saturated carbocycles. The number of nitrogens with one attached hydrogen (secondary N) is 1. The summed E-state index contributed by atoms with van der Waals surface area (Å²) in [6, 6.07) is 10.3. The Balaban J connectivity index is 1.30. The molecule has 0 amide bonds. The molecule has 3 N–H and O–H groups in total. The van der Waals surface area contributed by atoms with Gasteiger partial charge in [-0.2, -0.15) is 5.26 Å². The Morgan fingerprint density at radius 2 is 2.28 bits per heavy atom. The van der Waals surface area contributed by atoms with Crippen LogP contribution in [0, 0.1) is 24.2 Å². The molecule has 0 bridgehead atoms. The summed E-state index contributed by atoms with van der Waals surface area (Å²) in [4.78, 5) is 26.2. The number of aryl methyl sites for hydroxylation is 1. The summed E-state index contributed by atoms with van der Waals surface area (Å²) in [5.41, 5.74) is 4.66. The minimum atomic E-state index is -0.0662. The third-order valence-electron chi connectivity index (χ3n) is 7.02. The number of ketones is 1. The van der Waals surface area contributed by atoms with Crippen LogP contribution < -0.4 is 15.4 Å². The summed E-state index contributed by atoms with van der Waals surface area (Å²) < 4.78 is 5.30. The first-order valence-electron chi connectivity index (χ1n) is 12.0. The van der Waals surface area contributed by atoms with Crippen molar-refractivity contribution in [1.29, 1.82) is 5.26 Å². The Labute approximate surface area is 219 Å². The van der Waals surface area contributed by atoms with Crippen LogP contribution in [-0.2, 0) is 17.1 Å². The van der Waals surface area contributed by atoms with E-state index in [1.165, 1.54) is 23.2 Å². The number of nitrogens with zero attached hydrogens (tertiary/aromatic N) is 4. The molecule has 2 aromatic heterocycles. The first-order valence-corrected chi connectivity index (χ1v) is 13.6. The highest BCUT2D eigenvalue weighted by molar-refractivity contribution is 7.92. The predicted octanol–water partition coefficient (Wildman–Crippen LogP) is 4.63. The molecule has 0 spiro atoms. The Bertz CT molecular complexity index is 1300. The van der Waals surface area contributed by atoms with Crippen molar-refractivity contribution in [3.8, 4) is 6.07 Å². The van der Waals surface area contributed by atoms with E-state index >= 15 is 0 Å². The fourth-order valence-corrected chi connectivity index (χ4v) is 6.36. The molecule has 2 unspecified atom stereocenters. The zero-order valence-corrected chi connectivity index (χ0v) is 21.7. The van der Waals surface area contributed by atoms with Gasteiger partial charge in [0.05, 0.1) is 40.9 Å². The van der Waals surface area contributed by atoms with Crippen molar-refractivity contribution in [3.05, 3.63) is 68.8 Å². The fourth-order valence-electron chi connectivity index (χ4n) is 5.10. The van der Waals surface area contributed by atoms with Gasteiger partial charge in [0.25, 0.3) is 0 Å². The second-order valence-corrected chi connectivity index (χ2v) is 11.0. The van der Waals surface area contributed by atoms with E-state index < -0.39 is 0 Å². The lowest BCUT2D eigenvalue weighted by Gasteiger charge is -2.19. The SMILES string of the molecule is Cc1sc(C(=O)c2cncnc2NC2CCC(COSN)C2)cc1CN1CCc2ccc(C#N)cc21. The van der Waals surface area contributed by atoms with Crippen molar-refractivity contribution in [2.24, 2.45) is 11.1 Å². The molecular weight excluding hydrogens is 492 g/mol. The summed E-state index contributed by atoms with van der Waals surface area (Å²) in [5.74, 6) is 0.963. The van der Waals surface area contributed by atoms with E-state index in [-0.39, 0.29) is 11.8 Å². The molecule has 8 nitrogen and oxygen atoms in total. The van der Waals surface area contributed by atoms with Crippen LogP contribution in [0.2, 0.25) is 0 Å². The minimum Gasteiger partial charge on any atom is -0.367 e. The number of carbonyl (C=O) groups is 1. The lowest BCUT2D eigenvalue weighted by atomic mass is 10.1. The van der Waals surface area contributed by atoms with Crippen molar-refractivity contribution in [3.63, 3.8) is 0 Å². The smallest absolute Gasteiger partial charge is 0.208 e. The Morgan fingerprint density at radius 3 is 3.11 bits per heavy atom. The van der Waals surface area contributed by atoms with Crippen molar-refractivity contribution < 1.29 is 8.98 Å². The van der Waals surface area contributed by atoms with Gasteiger partial charge in [-0.1, -0.05) is 6.07 Å². The second-order valence-electron chi connectivity index (χ2n) is 9.33. The summed E-state index contributed by atoms with van der Waals surface area (Å²) >= 11 is 2.42. The monoisotopic (exact) mass is 520 g/mol. The van der Waals surface area contributed by atoms with Gasteiger partial charge in [0.1, 0.15) is 12.1 Å². The standard InChI is InChI=1S/C26H28N6O2S2/c1-16-20(13-32-7-6-19-4-2-17(11-27)9-23(19)32)10-24(35-16)25(33)22-12-29-15-30-26(22)31-21-5-3-18(8-21)14-34-36-28/h2,4,9-10,12,15,18,21H,3,5-8,13-14,28H2,1H3,(H,29,30,31). The third kappa shape index (κ3) is 5.25. The van der Waals surface area contributed by atoms with E-state index in [1.807, 2.05) is 24.3 Å². The molecule has 0 radical (unpaired) electrons.